The van der Waals surface area contributed by atoms with Crippen LogP contribution in [0, 0.1) is 0 Å². The van der Waals surface area contributed by atoms with Crippen LogP contribution in [0.1, 0.15) is 50.2 Å². The molecule has 1 aromatic carbocycles. The quantitative estimate of drug-likeness (QED) is 0.356. The smallest absolute Gasteiger partial charge is 0.416 e. The molecule has 0 bridgehead atoms. The highest BCUT2D eigenvalue weighted by atomic mass is 19.4. The number of aromatic hydroxyl groups is 1. The van der Waals surface area contributed by atoms with Crippen LogP contribution in [-0.2, 0) is 11.0 Å². The summed E-state index contributed by atoms with van der Waals surface area (Å²) < 4.78 is 38.5. The standard InChI is InChI=1S/C25H36F3N5O3/c1-16(24(30)20-5-4-17(14-21(20)35)25(26,27)28)13-22(29)31-18-3-2-9-32(15-18)10-8-23(36)33-11-6-19(34)7-12-33/h4-5,13-14,18-19,31,34-35H,2-3,6-12,15,29-30H2,1H3/b22-13+,24-16-. The second kappa shape index (κ2) is 11.9. The highest BCUT2D eigenvalue weighted by Crippen LogP contribution is 2.34. The number of hydrogen-bond acceptors (Lipinski definition) is 7. The number of hydrogen-bond donors (Lipinski definition) is 5. The van der Waals surface area contributed by atoms with E-state index in [0.29, 0.717) is 56.4 Å². The number of nitrogens with zero attached hydrogens (tertiary/aromatic N) is 2. The second-order valence-electron chi connectivity index (χ2n) is 9.57. The molecule has 0 radical (unpaired) electrons. The molecule has 2 saturated heterocycles. The molecule has 8 nitrogen and oxygen atoms in total. The lowest BCUT2D eigenvalue weighted by Gasteiger charge is -2.34. The molecule has 1 atom stereocenters. The fraction of sp³-hybridized carbons (Fsp3) is 0.560. The van der Waals surface area contributed by atoms with Crippen molar-refractivity contribution in [2.75, 3.05) is 32.7 Å². The van der Waals surface area contributed by atoms with Crippen LogP contribution >= 0.6 is 0 Å². The first-order valence-electron chi connectivity index (χ1n) is 12.2. The summed E-state index contributed by atoms with van der Waals surface area (Å²) in [7, 11) is 0. The lowest BCUT2D eigenvalue weighted by atomic mass is 10.0. The van der Waals surface area contributed by atoms with Gasteiger partial charge in [-0.3, -0.25) is 4.79 Å². The van der Waals surface area contributed by atoms with E-state index in [4.69, 9.17) is 11.5 Å². The zero-order valence-electron chi connectivity index (χ0n) is 20.5. The summed E-state index contributed by atoms with van der Waals surface area (Å²) in [6.07, 6.45) is 0.273. The number of amides is 1. The van der Waals surface area contributed by atoms with Gasteiger partial charge in [-0.1, -0.05) is 0 Å². The minimum Gasteiger partial charge on any atom is -0.507 e. The van der Waals surface area contributed by atoms with Crippen molar-refractivity contribution in [3.63, 3.8) is 0 Å². The van der Waals surface area contributed by atoms with Crippen molar-refractivity contribution >= 4 is 11.6 Å². The average Bonchev–Trinajstić information content (AvgIpc) is 2.82. The van der Waals surface area contributed by atoms with Crippen LogP contribution in [0.4, 0.5) is 13.2 Å². The lowest BCUT2D eigenvalue weighted by Crippen LogP contribution is -2.47. The first kappa shape index (κ1) is 27.7. The number of likely N-dealkylation sites (tertiary alicyclic amines) is 2. The van der Waals surface area contributed by atoms with E-state index in [0.717, 1.165) is 38.1 Å². The van der Waals surface area contributed by atoms with Gasteiger partial charge < -0.3 is 36.8 Å². The van der Waals surface area contributed by atoms with Crippen LogP contribution in [0.15, 0.2) is 35.7 Å². The maximum Gasteiger partial charge on any atom is 0.416 e. The van der Waals surface area contributed by atoms with Crippen molar-refractivity contribution < 1.29 is 28.2 Å². The lowest BCUT2D eigenvalue weighted by molar-refractivity contribution is -0.137. The molecule has 36 heavy (non-hydrogen) atoms. The number of aliphatic hydroxyl groups excluding tert-OH is 1. The summed E-state index contributed by atoms with van der Waals surface area (Å²) in [5.74, 6) is -0.0874. The summed E-state index contributed by atoms with van der Waals surface area (Å²) in [5.41, 5.74) is 12.0. The number of rotatable bonds is 7. The Kier molecular flexibility index (Phi) is 9.13. The van der Waals surface area contributed by atoms with Crippen LogP contribution in [-0.4, -0.2) is 70.8 Å². The molecule has 2 heterocycles. The highest BCUT2D eigenvalue weighted by Gasteiger charge is 2.31. The third-order valence-corrected chi connectivity index (χ3v) is 6.75. The van der Waals surface area contributed by atoms with Gasteiger partial charge in [-0.2, -0.15) is 13.2 Å². The highest BCUT2D eigenvalue weighted by molar-refractivity contribution is 5.76. The number of aliphatic hydroxyl groups is 1. The number of piperidine rings is 2. The Morgan fingerprint density at radius 2 is 1.89 bits per heavy atom. The van der Waals surface area contributed by atoms with Gasteiger partial charge in [0.1, 0.15) is 5.75 Å². The minimum absolute atomic E-state index is 0.0729. The zero-order valence-corrected chi connectivity index (χ0v) is 20.5. The number of phenols is 1. The van der Waals surface area contributed by atoms with Crippen molar-refractivity contribution in [1.82, 2.24) is 15.1 Å². The summed E-state index contributed by atoms with van der Waals surface area (Å²) in [6.45, 7) is 5.14. The molecule has 11 heteroatoms. The van der Waals surface area contributed by atoms with Gasteiger partial charge in [0.15, 0.2) is 0 Å². The Balaban J connectivity index is 1.55. The number of phenolic OH excluding ortho intramolecular Hbond substituents is 1. The molecule has 0 spiro atoms. The van der Waals surface area contributed by atoms with E-state index in [1.54, 1.807) is 13.0 Å². The molecule has 200 valence electrons. The van der Waals surface area contributed by atoms with E-state index < -0.39 is 17.5 Å². The van der Waals surface area contributed by atoms with E-state index in [1.807, 2.05) is 4.90 Å². The third kappa shape index (κ3) is 7.54. The topological polar surface area (TPSA) is 128 Å². The van der Waals surface area contributed by atoms with Crippen LogP contribution < -0.4 is 16.8 Å². The van der Waals surface area contributed by atoms with E-state index in [9.17, 15) is 28.2 Å². The van der Waals surface area contributed by atoms with Crippen LogP contribution in [0.2, 0.25) is 0 Å². The largest absolute Gasteiger partial charge is 0.507 e. The van der Waals surface area contributed by atoms with Crippen molar-refractivity contribution in [3.8, 4) is 5.75 Å². The molecular formula is C25H36F3N5O3. The molecule has 2 fully saturated rings. The van der Waals surface area contributed by atoms with Gasteiger partial charge in [0.05, 0.1) is 17.5 Å². The van der Waals surface area contributed by atoms with Crippen LogP contribution in [0.25, 0.3) is 5.70 Å². The molecule has 2 aliphatic rings. The first-order chi connectivity index (χ1) is 16.9. The molecule has 3 rings (SSSR count). The molecule has 1 aromatic rings. The summed E-state index contributed by atoms with van der Waals surface area (Å²) in [5, 5.41) is 22.9. The van der Waals surface area contributed by atoms with Crippen molar-refractivity contribution in [2.45, 2.75) is 57.3 Å². The zero-order chi connectivity index (χ0) is 26.5. The molecule has 0 saturated carbocycles. The molecule has 0 aliphatic carbocycles. The normalized spacial score (nSPS) is 21.3. The molecule has 2 aliphatic heterocycles. The van der Waals surface area contributed by atoms with Crippen molar-refractivity contribution in [1.29, 1.82) is 0 Å². The number of nitrogens with two attached hydrogens (primary N) is 2. The molecule has 1 unspecified atom stereocenters. The fourth-order valence-corrected chi connectivity index (χ4v) is 4.64. The average molecular weight is 512 g/mol. The SMILES string of the molecule is CC(/C=C(\N)NC1CCCN(CCC(=O)N2CCC(O)CC2)C1)=C(/N)c1ccc(C(F)(F)F)cc1O. The van der Waals surface area contributed by atoms with Gasteiger partial charge in [0.25, 0.3) is 0 Å². The molecule has 7 N–H and O–H groups in total. The maximum atomic E-state index is 12.8. The van der Waals surface area contributed by atoms with E-state index in [1.165, 1.54) is 0 Å². The molecule has 0 aromatic heterocycles. The Morgan fingerprint density at radius 1 is 1.19 bits per heavy atom. The maximum absolute atomic E-state index is 12.8. The number of halogens is 3. The van der Waals surface area contributed by atoms with Crippen molar-refractivity contribution in [2.24, 2.45) is 11.5 Å². The minimum atomic E-state index is -4.56. The number of carbonyl (C=O) groups excluding carboxylic acids is 1. The number of carbonyl (C=O) groups is 1. The number of nitrogens with one attached hydrogen (secondary N) is 1. The fourth-order valence-electron chi connectivity index (χ4n) is 4.64. The summed E-state index contributed by atoms with van der Waals surface area (Å²) >= 11 is 0. The van der Waals surface area contributed by atoms with Crippen LogP contribution in [0.5, 0.6) is 5.75 Å². The van der Waals surface area contributed by atoms with Gasteiger partial charge in [-0.15, -0.1) is 0 Å². The van der Waals surface area contributed by atoms with Gasteiger partial charge in [-0.05, 0) is 69.0 Å². The first-order valence-corrected chi connectivity index (χ1v) is 12.2. The summed E-state index contributed by atoms with van der Waals surface area (Å²) in [6, 6.07) is 2.73. The monoisotopic (exact) mass is 511 g/mol. The number of benzene rings is 1. The Morgan fingerprint density at radius 3 is 2.53 bits per heavy atom. The predicted octanol–water partition coefficient (Wildman–Crippen LogP) is 2.33. The summed E-state index contributed by atoms with van der Waals surface area (Å²) in [4.78, 5) is 16.5. The Labute approximate surface area is 209 Å². The van der Waals surface area contributed by atoms with Gasteiger partial charge in [0.2, 0.25) is 5.91 Å². The van der Waals surface area contributed by atoms with E-state index in [2.05, 4.69) is 10.2 Å². The second-order valence-corrected chi connectivity index (χ2v) is 9.57. The van der Waals surface area contributed by atoms with Gasteiger partial charge in [0, 0.05) is 49.9 Å². The predicted molar refractivity (Wildman–Crippen MR) is 131 cm³/mol. The van der Waals surface area contributed by atoms with Crippen LogP contribution in [0.3, 0.4) is 0 Å². The van der Waals surface area contributed by atoms with E-state index >= 15 is 0 Å². The molecule has 1 amide bonds. The van der Waals surface area contributed by atoms with Gasteiger partial charge >= 0.3 is 6.18 Å². The van der Waals surface area contributed by atoms with Gasteiger partial charge in [-0.25, -0.2) is 0 Å². The Bertz CT molecular complexity index is 988. The molecular weight excluding hydrogens is 475 g/mol. The third-order valence-electron chi connectivity index (χ3n) is 6.75. The van der Waals surface area contributed by atoms with E-state index in [-0.39, 0.29) is 29.3 Å². The number of allylic oxidation sites excluding steroid dienone is 2. The number of alkyl halides is 3. The Hall–Kier alpha value is -2.92. The van der Waals surface area contributed by atoms with Crippen molar-refractivity contribution in [3.05, 3.63) is 46.8 Å².